The van der Waals surface area contributed by atoms with E-state index in [0.29, 0.717) is 5.75 Å². The van der Waals surface area contributed by atoms with E-state index in [1.54, 1.807) is 30.3 Å². The summed E-state index contributed by atoms with van der Waals surface area (Å²) in [4.78, 5) is 18.5. The molecule has 3 aliphatic heterocycles. The normalized spacial score (nSPS) is 14.3. The van der Waals surface area contributed by atoms with Gasteiger partial charge in [0.25, 0.3) is 0 Å². The molecular formula is C30H11BF6N6O. The minimum Gasteiger partial charge on any atom is -0.523 e. The molecule has 0 saturated carbocycles. The molecule has 5 heterocycles. The fraction of sp³-hybridized carbons (Fsp3) is 0. The molecule has 7 nitrogen and oxygen atoms in total. The van der Waals surface area contributed by atoms with E-state index in [-0.39, 0.29) is 67.0 Å². The lowest BCUT2D eigenvalue weighted by Crippen LogP contribution is -2.52. The number of fused-ring (bicyclic) bond motifs is 10. The lowest BCUT2D eigenvalue weighted by molar-refractivity contribution is 0.508. The number of aromatic nitrogens is 2. The molecule has 3 aliphatic rings. The van der Waals surface area contributed by atoms with E-state index in [9.17, 15) is 26.3 Å². The average Bonchev–Trinajstić information content (AvgIpc) is 3.59. The summed E-state index contributed by atoms with van der Waals surface area (Å²) in [5.74, 6) is -6.79. The third-order valence-electron chi connectivity index (χ3n) is 7.81. The van der Waals surface area contributed by atoms with Crippen molar-refractivity contribution in [3.63, 3.8) is 0 Å². The highest BCUT2D eigenvalue weighted by atomic mass is 19.2. The van der Waals surface area contributed by atoms with Crippen molar-refractivity contribution in [1.29, 1.82) is 0 Å². The zero-order valence-electron chi connectivity index (χ0n) is 21.8. The van der Waals surface area contributed by atoms with Crippen molar-refractivity contribution >= 4 is 52.0 Å². The Bertz CT molecular complexity index is 2510. The number of benzene rings is 4. The van der Waals surface area contributed by atoms with Gasteiger partial charge >= 0.3 is 7.19 Å². The molecule has 0 unspecified atom stereocenters. The van der Waals surface area contributed by atoms with E-state index in [0.717, 1.165) is 36.4 Å². The minimum absolute atomic E-state index is 0.00267. The maximum absolute atomic E-state index is 14.7. The molecule has 0 spiro atoms. The molecule has 9 rings (SSSR count). The number of hydrogen-bond acceptors (Lipinski definition) is 5. The molecule has 4 bridgehead atoms. The predicted molar refractivity (Wildman–Crippen MR) is 148 cm³/mol. The summed E-state index contributed by atoms with van der Waals surface area (Å²) in [7, 11) is -1.26. The number of rotatable bonds is 2. The second-order valence-electron chi connectivity index (χ2n) is 10.3. The van der Waals surface area contributed by atoms with Crippen LogP contribution in [0.5, 0.6) is 5.75 Å². The molecule has 0 fully saturated rings. The Kier molecular flexibility index (Phi) is 4.79. The first-order chi connectivity index (χ1) is 21.3. The molecule has 0 N–H and O–H groups in total. The topological polar surface area (TPSA) is 68.5 Å². The van der Waals surface area contributed by atoms with E-state index >= 15 is 0 Å². The van der Waals surface area contributed by atoms with Crippen LogP contribution in [0, 0.1) is 34.9 Å². The van der Waals surface area contributed by atoms with E-state index in [2.05, 4.69) is 15.0 Å². The number of hydrogen-bond donors (Lipinski definition) is 0. The Morgan fingerprint density at radius 1 is 0.500 bits per heavy atom. The van der Waals surface area contributed by atoms with Crippen LogP contribution in [0.2, 0.25) is 0 Å². The minimum atomic E-state index is -1.26. The van der Waals surface area contributed by atoms with Gasteiger partial charge in [0.1, 0.15) is 28.4 Å². The largest absolute Gasteiger partial charge is 0.633 e. The first-order valence-corrected chi connectivity index (χ1v) is 13.1. The van der Waals surface area contributed by atoms with Crippen molar-refractivity contribution in [2.24, 2.45) is 20.0 Å². The van der Waals surface area contributed by atoms with Crippen LogP contribution in [0.1, 0.15) is 11.1 Å². The summed E-state index contributed by atoms with van der Waals surface area (Å²) in [5.41, 5.74) is 0.218. The highest BCUT2D eigenvalue weighted by Crippen LogP contribution is 2.42. The third-order valence-corrected chi connectivity index (χ3v) is 7.81. The van der Waals surface area contributed by atoms with Gasteiger partial charge < -0.3 is 4.65 Å². The van der Waals surface area contributed by atoms with Gasteiger partial charge in [0.05, 0.1) is 0 Å². The van der Waals surface area contributed by atoms with Gasteiger partial charge in [0.2, 0.25) is 0 Å². The van der Waals surface area contributed by atoms with Crippen LogP contribution in [-0.2, 0) is 0 Å². The highest BCUT2D eigenvalue weighted by Gasteiger charge is 2.40. The van der Waals surface area contributed by atoms with E-state index in [1.807, 2.05) is 0 Å². The molecule has 0 atom stereocenters. The molecule has 0 amide bonds. The van der Waals surface area contributed by atoms with Gasteiger partial charge in [-0.05, 0) is 48.5 Å². The molecule has 2 aromatic heterocycles. The van der Waals surface area contributed by atoms with Gasteiger partial charge in [0.15, 0.2) is 46.6 Å². The van der Waals surface area contributed by atoms with Gasteiger partial charge in [-0.15, -0.1) is 0 Å². The van der Waals surface area contributed by atoms with E-state index in [4.69, 9.17) is 9.65 Å². The Morgan fingerprint density at radius 2 is 0.977 bits per heavy atom. The lowest BCUT2D eigenvalue weighted by Gasteiger charge is -2.23. The Balaban J connectivity index is 1.53. The number of amidine groups is 2. The quantitative estimate of drug-likeness (QED) is 0.189. The van der Waals surface area contributed by atoms with Crippen LogP contribution >= 0.6 is 0 Å². The van der Waals surface area contributed by atoms with Gasteiger partial charge in [0, 0.05) is 32.7 Å². The standard InChI is InChI=1S/C30H11BF6N6O/c32-19-6-13-14(7-20(19)33)26-38-25(13)39-27-15-8-21(34)23(36)10-17(15)29-41-30-18-11-24(37)22(35)9-16(18)28(40-26)43(30)31(42(27)29)44-12-4-2-1-3-5-12/h1-11H. The molecule has 212 valence electrons. The van der Waals surface area contributed by atoms with Gasteiger partial charge in [-0.3, -0.25) is 8.96 Å². The van der Waals surface area contributed by atoms with Gasteiger partial charge in [-0.2, -0.15) is 0 Å². The molecule has 0 aliphatic carbocycles. The number of halogens is 6. The van der Waals surface area contributed by atoms with Gasteiger partial charge in [-0.25, -0.2) is 46.3 Å². The zero-order chi connectivity index (χ0) is 30.0. The van der Waals surface area contributed by atoms with E-state index < -0.39 is 42.1 Å². The van der Waals surface area contributed by atoms with Crippen LogP contribution in [0.15, 0.2) is 86.7 Å². The van der Waals surface area contributed by atoms with Crippen LogP contribution in [0.4, 0.5) is 38.0 Å². The lowest BCUT2D eigenvalue weighted by atomic mass is 9.98. The summed E-state index contributed by atoms with van der Waals surface area (Å²) in [5, 5.41) is 0.462. The highest BCUT2D eigenvalue weighted by molar-refractivity contribution is 6.52. The summed E-state index contributed by atoms with van der Waals surface area (Å²) < 4.78 is 97.3. The first-order valence-electron chi connectivity index (χ1n) is 13.1. The second-order valence-corrected chi connectivity index (χ2v) is 10.3. The number of para-hydroxylation sites is 1. The molecule has 6 aromatic rings. The zero-order valence-corrected chi connectivity index (χ0v) is 21.8. The number of aliphatic imine (C=N–C) groups is 2. The van der Waals surface area contributed by atoms with Crippen LogP contribution in [0.3, 0.4) is 0 Å². The fourth-order valence-corrected chi connectivity index (χ4v) is 5.88. The molecular weight excluding hydrogens is 585 g/mol. The Hall–Kier alpha value is -5.66. The van der Waals surface area contributed by atoms with Crippen LogP contribution in [0.25, 0.3) is 21.5 Å². The molecule has 44 heavy (non-hydrogen) atoms. The SMILES string of the molecule is Fc1cc2c(cc1F)C1=Nc3c4cc(F)c(F)cc4c4n3B(Oc3ccccc3)n3c(c5cc(F)c(F)cc5c3=N4)=NC2=N1. The van der Waals surface area contributed by atoms with Crippen molar-refractivity contribution < 1.29 is 31.0 Å². The average molecular weight is 596 g/mol. The summed E-state index contributed by atoms with van der Waals surface area (Å²) in [6, 6.07) is 14.1. The summed E-state index contributed by atoms with van der Waals surface area (Å²) in [6.45, 7) is 0. The smallest absolute Gasteiger partial charge is 0.523 e. The first kappa shape index (κ1) is 24.9. The van der Waals surface area contributed by atoms with Crippen molar-refractivity contribution in [3.8, 4) is 5.75 Å². The van der Waals surface area contributed by atoms with E-state index in [1.165, 1.54) is 8.96 Å². The summed E-state index contributed by atoms with van der Waals surface area (Å²) in [6.07, 6.45) is 0. The monoisotopic (exact) mass is 596 g/mol. The van der Waals surface area contributed by atoms with Crippen LogP contribution < -0.4 is 15.6 Å². The maximum atomic E-state index is 14.7. The molecule has 0 saturated heterocycles. The van der Waals surface area contributed by atoms with Crippen molar-refractivity contribution in [2.75, 3.05) is 0 Å². The molecule has 4 aromatic carbocycles. The van der Waals surface area contributed by atoms with Crippen molar-refractivity contribution in [1.82, 2.24) is 8.96 Å². The molecule has 14 heteroatoms. The second kappa shape index (κ2) is 8.46. The van der Waals surface area contributed by atoms with Crippen molar-refractivity contribution in [2.45, 2.75) is 0 Å². The van der Waals surface area contributed by atoms with Crippen molar-refractivity contribution in [3.05, 3.63) is 124 Å². The van der Waals surface area contributed by atoms with Gasteiger partial charge in [-0.1, -0.05) is 18.2 Å². The maximum Gasteiger partial charge on any atom is 0.633 e. The fourth-order valence-electron chi connectivity index (χ4n) is 5.88. The Morgan fingerprint density at radius 3 is 1.57 bits per heavy atom. The summed E-state index contributed by atoms with van der Waals surface area (Å²) >= 11 is 0. The third kappa shape index (κ3) is 3.24. The predicted octanol–water partition coefficient (Wildman–Crippen LogP) is 5.63. The van der Waals surface area contributed by atoms with Crippen LogP contribution in [-0.4, -0.2) is 27.8 Å². The Labute approximate surface area is 241 Å². The molecule has 0 radical (unpaired) electrons. The number of nitrogens with zero attached hydrogens (tertiary/aromatic N) is 6.